The van der Waals surface area contributed by atoms with Gasteiger partial charge in [0.05, 0.1) is 0 Å². The van der Waals surface area contributed by atoms with E-state index in [1.807, 2.05) is 48.5 Å². The normalized spacial score (nSPS) is 15.8. The summed E-state index contributed by atoms with van der Waals surface area (Å²) in [5.74, 6) is 0.564. The van der Waals surface area contributed by atoms with Crippen LogP contribution in [-0.4, -0.2) is 0 Å². The van der Waals surface area contributed by atoms with Gasteiger partial charge in [-0.25, -0.2) is 0 Å². The van der Waals surface area contributed by atoms with E-state index >= 15 is 0 Å². The Hall–Kier alpha value is -1.93. The number of nitrogens with two attached hydrogens (primary N) is 2. The molecule has 0 spiro atoms. The number of hydrogen-bond acceptors (Lipinski definition) is 2. The molecule has 1 fully saturated rings. The van der Waals surface area contributed by atoms with Gasteiger partial charge in [-0.3, -0.25) is 0 Å². The number of allylic oxidation sites excluding steroid dienone is 1. The molecule has 1 aliphatic rings. The van der Waals surface area contributed by atoms with Crippen molar-refractivity contribution in [2.75, 3.05) is 5.73 Å². The second-order valence-corrected chi connectivity index (χ2v) is 5.67. The highest BCUT2D eigenvalue weighted by atomic mass is 35.5. The minimum absolute atomic E-state index is 0.564. The summed E-state index contributed by atoms with van der Waals surface area (Å²) in [6, 6.07) is 15.6. The largest absolute Gasteiger partial charge is 0.399 e. The van der Waals surface area contributed by atoms with Crippen molar-refractivity contribution in [2.45, 2.75) is 12.8 Å². The summed E-state index contributed by atoms with van der Waals surface area (Å²) >= 11 is 5.96. The zero-order chi connectivity index (χ0) is 14.1. The van der Waals surface area contributed by atoms with Gasteiger partial charge in [0.1, 0.15) is 0 Å². The molecule has 0 atom stereocenters. The summed E-state index contributed by atoms with van der Waals surface area (Å²) in [5.41, 5.74) is 17.1. The third-order valence-electron chi connectivity index (χ3n) is 3.65. The predicted octanol–water partition coefficient (Wildman–Crippen LogP) is 4.16. The van der Waals surface area contributed by atoms with Gasteiger partial charge in [0.25, 0.3) is 0 Å². The van der Waals surface area contributed by atoms with E-state index in [0.717, 1.165) is 27.5 Å². The highest BCUT2D eigenvalue weighted by molar-refractivity contribution is 6.30. The molecular weight excluding hydrogens is 268 g/mol. The van der Waals surface area contributed by atoms with E-state index in [1.165, 1.54) is 18.4 Å². The van der Waals surface area contributed by atoms with Gasteiger partial charge in [-0.05, 0) is 59.7 Å². The van der Waals surface area contributed by atoms with Gasteiger partial charge in [-0.1, -0.05) is 35.9 Å². The van der Waals surface area contributed by atoms with Crippen LogP contribution in [0.25, 0.3) is 11.3 Å². The lowest BCUT2D eigenvalue weighted by molar-refractivity contribution is 1.14. The molecule has 2 aromatic rings. The maximum absolute atomic E-state index is 6.41. The highest BCUT2D eigenvalue weighted by Gasteiger charge is 2.29. The third kappa shape index (κ3) is 2.66. The maximum atomic E-state index is 6.41. The van der Waals surface area contributed by atoms with E-state index in [2.05, 4.69) is 0 Å². The quantitative estimate of drug-likeness (QED) is 0.657. The number of anilines is 1. The van der Waals surface area contributed by atoms with Crippen LogP contribution < -0.4 is 11.5 Å². The van der Waals surface area contributed by atoms with Crippen LogP contribution >= 0.6 is 11.6 Å². The molecule has 3 heteroatoms. The van der Waals surface area contributed by atoms with Crippen molar-refractivity contribution < 1.29 is 0 Å². The molecule has 102 valence electrons. The van der Waals surface area contributed by atoms with Gasteiger partial charge in [0.15, 0.2) is 0 Å². The van der Waals surface area contributed by atoms with E-state index in [4.69, 9.17) is 23.1 Å². The first kappa shape index (κ1) is 13.1. The van der Waals surface area contributed by atoms with Gasteiger partial charge in [-0.2, -0.15) is 0 Å². The summed E-state index contributed by atoms with van der Waals surface area (Å²) in [6.45, 7) is 0. The molecule has 1 saturated carbocycles. The molecule has 0 radical (unpaired) electrons. The first-order valence-electron chi connectivity index (χ1n) is 6.76. The fraction of sp³-hybridized carbons (Fsp3) is 0.176. The minimum Gasteiger partial charge on any atom is -0.399 e. The summed E-state index contributed by atoms with van der Waals surface area (Å²) in [6.07, 6.45) is 2.40. The van der Waals surface area contributed by atoms with E-state index in [-0.39, 0.29) is 0 Å². The van der Waals surface area contributed by atoms with Crippen LogP contribution in [0.3, 0.4) is 0 Å². The van der Waals surface area contributed by atoms with Gasteiger partial charge >= 0.3 is 0 Å². The van der Waals surface area contributed by atoms with Crippen molar-refractivity contribution in [2.24, 2.45) is 11.7 Å². The SMILES string of the molecule is N/C(=C(/c1ccc(Cl)cc1)C1CC1)c1ccc(N)cc1. The molecule has 0 saturated heterocycles. The lowest BCUT2D eigenvalue weighted by Gasteiger charge is -2.12. The summed E-state index contributed by atoms with van der Waals surface area (Å²) < 4.78 is 0. The molecule has 20 heavy (non-hydrogen) atoms. The standard InChI is InChI=1S/C17H17ClN2/c18-14-7-3-12(4-8-14)16(11-1-2-11)17(20)13-5-9-15(19)10-6-13/h3-11H,1-2,19-20H2/b17-16+. The number of rotatable bonds is 3. The van der Waals surface area contributed by atoms with Crippen LogP contribution in [0.4, 0.5) is 5.69 Å². The number of hydrogen-bond donors (Lipinski definition) is 2. The van der Waals surface area contributed by atoms with Crippen molar-refractivity contribution in [1.29, 1.82) is 0 Å². The van der Waals surface area contributed by atoms with Gasteiger partial charge in [0, 0.05) is 16.4 Å². The molecule has 0 amide bonds. The zero-order valence-corrected chi connectivity index (χ0v) is 11.9. The molecule has 0 unspecified atom stereocenters. The monoisotopic (exact) mass is 284 g/mol. The Bertz CT molecular complexity index is 638. The smallest absolute Gasteiger partial charge is 0.0429 e. The van der Waals surface area contributed by atoms with Crippen LogP contribution in [0, 0.1) is 5.92 Å². The average molecular weight is 285 g/mol. The average Bonchev–Trinajstić information content (AvgIpc) is 3.26. The summed E-state index contributed by atoms with van der Waals surface area (Å²) in [7, 11) is 0. The lowest BCUT2D eigenvalue weighted by Crippen LogP contribution is -2.03. The number of halogens is 1. The van der Waals surface area contributed by atoms with E-state index in [0.29, 0.717) is 5.92 Å². The number of benzene rings is 2. The van der Waals surface area contributed by atoms with Gasteiger partial charge in [-0.15, -0.1) is 0 Å². The fourth-order valence-corrected chi connectivity index (χ4v) is 2.56. The first-order chi connectivity index (χ1) is 9.65. The Morgan fingerprint density at radius 1 is 0.900 bits per heavy atom. The molecule has 1 aliphatic carbocycles. The van der Waals surface area contributed by atoms with Crippen LogP contribution in [-0.2, 0) is 0 Å². The van der Waals surface area contributed by atoms with E-state index in [1.54, 1.807) is 0 Å². The Morgan fingerprint density at radius 2 is 1.45 bits per heavy atom. The predicted molar refractivity (Wildman–Crippen MR) is 86.0 cm³/mol. The van der Waals surface area contributed by atoms with E-state index < -0.39 is 0 Å². The van der Waals surface area contributed by atoms with Crippen molar-refractivity contribution in [1.82, 2.24) is 0 Å². The topological polar surface area (TPSA) is 52.0 Å². The molecule has 0 bridgehead atoms. The van der Waals surface area contributed by atoms with Crippen LogP contribution in [0.2, 0.25) is 5.02 Å². The van der Waals surface area contributed by atoms with Crippen LogP contribution in [0.1, 0.15) is 24.0 Å². The van der Waals surface area contributed by atoms with Crippen molar-refractivity contribution in [3.63, 3.8) is 0 Å². The zero-order valence-electron chi connectivity index (χ0n) is 11.1. The molecule has 0 heterocycles. The Morgan fingerprint density at radius 3 is 2.00 bits per heavy atom. The molecule has 0 aliphatic heterocycles. The molecule has 0 aromatic heterocycles. The Labute approximate surface area is 124 Å². The third-order valence-corrected chi connectivity index (χ3v) is 3.90. The lowest BCUT2D eigenvalue weighted by atomic mass is 9.96. The summed E-state index contributed by atoms with van der Waals surface area (Å²) in [5, 5.41) is 0.745. The van der Waals surface area contributed by atoms with Crippen molar-refractivity contribution >= 4 is 28.6 Å². The molecule has 3 rings (SSSR count). The Kier molecular flexibility index (Phi) is 3.41. The second kappa shape index (κ2) is 5.22. The first-order valence-corrected chi connectivity index (χ1v) is 7.14. The van der Waals surface area contributed by atoms with Crippen LogP contribution in [0.5, 0.6) is 0 Å². The molecular formula is C17H17ClN2. The molecule has 2 nitrogen and oxygen atoms in total. The fourth-order valence-electron chi connectivity index (χ4n) is 2.43. The van der Waals surface area contributed by atoms with E-state index in [9.17, 15) is 0 Å². The van der Waals surface area contributed by atoms with Crippen molar-refractivity contribution in [3.05, 3.63) is 64.7 Å². The number of nitrogen functional groups attached to an aromatic ring is 1. The Balaban J connectivity index is 2.06. The highest BCUT2D eigenvalue weighted by Crippen LogP contribution is 2.44. The summed E-state index contributed by atoms with van der Waals surface area (Å²) in [4.78, 5) is 0. The van der Waals surface area contributed by atoms with Crippen LogP contribution in [0.15, 0.2) is 48.5 Å². The van der Waals surface area contributed by atoms with Crippen molar-refractivity contribution in [3.8, 4) is 0 Å². The minimum atomic E-state index is 0.564. The molecule has 4 N–H and O–H groups in total. The van der Waals surface area contributed by atoms with Gasteiger partial charge < -0.3 is 11.5 Å². The maximum Gasteiger partial charge on any atom is 0.0429 e. The second-order valence-electron chi connectivity index (χ2n) is 5.23. The molecule has 2 aromatic carbocycles. The van der Waals surface area contributed by atoms with Gasteiger partial charge in [0.2, 0.25) is 0 Å².